The van der Waals surface area contributed by atoms with Gasteiger partial charge in [0.15, 0.2) is 0 Å². The Morgan fingerprint density at radius 3 is 2.59 bits per heavy atom. The fourth-order valence-corrected chi connectivity index (χ4v) is 4.82. The summed E-state index contributed by atoms with van der Waals surface area (Å²) in [5.41, 5.74) is 0.625. The van der Waals surface area contributed by atoms with Crippen LogP contribution in [0.15, 0.2) is 50.6 Å². The lowest BCUT2D eigenvalue weighted by Gasteiger charge is -2.11. The van der Waals surface area contributed by atoms with Crippen LogP contribution >= 0.6 is 23.5 Å². The maximum Gasteiger partial charge on any atom is 0.204 e. The van der Waals surface area contributed by atoms with E-state index in [1.807, 2.05) is 0 Å². The lowest BCUT2D eigenvalue weighted by Crippen LogP contribution is -2.09. The number of rotatable bonds is 3. The molecule has 1 aliphatic heterocycles. The predicted molar refractivity (Wildman–Crippen MR) is 109 cm³/mol. The number of hydrogen-bond donors (Lipinski definition) is 3. The number of fused-ring (bicyclic) bond motifs is 1. The van der Waals surface area contributed by atoms with Gasteiger partial charge in [-0.25, -0.2) is 0 Å². The molecule has 0 spiro atoms. The molecule has 3 N–H and O–H groups in total. The molecule has 0 saturated heterocycles. The lowest BCUT2D eigenvalue weighted by molar-refractivity contribution is 0.451. The van der Waals surface area contributed by atoms with Gasteiger partial charge in [0, 0.05) is 17.9 Å². The summed E-state index contributed by atoms with van der Waals surface area (Å²) < 4.78 is 6.85. The number of hydrogen-bond acceptors (Lipinski definition) is 8. The highest BCUT2D eigenvalue weighted by Gasteiger charge is 2.20. The molecule has 6 nitrogen and oxygen atoms in total. The van der Waals surface area contributed by atoms with E-state index in [2.05, 4.69) is 4.99 Å². The van der Waals surface area contributed by atoms with E-state index < -0.39 is 5.43 Å². The van der Waals surface area contributed by atoms with Gasteiger partial charge in [-0.05, 0) is 17.7 Å². The van der Waals surface area contributed by atoms with Gasteiger partial charge in [0.1, 0.15) is 38.4 Å². The first-order chi connectivity index (χ1) is 13.0. The number of phenols is 3. The SMILES string of the molecule is O=c1c(-c2ccc(O)cc2)c(CSC2=NCCS2)oc2cc(O)cc(O)c12. The van der Waals surface area contributed by atoms with Crippen LogP contribution < -0.4 is 5.43 Å². The van der Waals surface area contributed by atoms with E-state index in [9.17, 15) is 20.1 Å². The first kappa shape index (κ1) is 17.8. The number of aliphatic imine (C=N–C) groups is 1. The molecule has 138 valence electrons. The minimum Gasteiger partial charge on any atom is -0.508 e. The maximum atomic E-state index is 13.2. The minimum atomic E-state index is -0.393. The molecule has 0 amide bonds. The van der Waals surface area contributed by atoms with Crippen LogP contribution in [0.1, 0.15) is 5.76 Å². The highest BCUT2D eigenvalue weighted by molar-refractivity contribution is 8.38. The molecular formula is C19H15NO5S2. The van der Waals surface area contributed by atoms with Crippen LogP contribution in [0, 0.1) is 0 Å². The molecule has 0 bridgehead atoms. The van der Waals surface area contributed by atoms with Gasteiger partial charge in [0.05, 0.1) is 17.9 Å². The van der Waals surface area contributed by atoms with Gasteiger partial charge < -0.3 is 19.7 Å². The molecule has 0 atom stereocenters. The summed E-state index contributed by atoms with van der Waals surface area (Å²) in [6.45, 7) is 0.779. The first-order valence-corrected chi connectivity index (χ1v) is 10.1. The first-order valence-electron chi connectivity index (χ1n) is 8.14. The zero-order valence-electron chi connectivity index (χ0n) is 14.0. The third kappa shape index (κ3) is 3.50. The number of aromatic hydroxyl groups is 3. The molecule has 0 saturated carbocycles. The van der Waals surface area contributed by atoms with Crippen LogP contribution in [-0.2, 0) is 5.75 Å². The van der Waals surface area contributed by atoms with Gasteiger partial charge in [0.2, 0.25) is 5.43 Å². The van der Waals surface area contributed by atoms with Gasteiger partial charge >= 0.3 is 0 Å². The number of thioether (sulfide) groups is 2. The van der Waals surface area contributed by atoms with Crippen molar-refractivity contribution in [3.05, 3.63) is 52.4 Å². The van der Waals surface area contributed by atoms with Gasteiger partial charge in [-0.3, -0.25) is 9.79 Å². The average Bonchev–Trinajstić information content (AvgIpc) is 3.14. The standard InChI is InChI=1S/C19H15NO5S2/c21-11-3-1-10(2-4-11)16-15(9-27-19-20-5-6-26-19)25-14-8-12(22)7-13(23)17(14)18(16)24/h1-4,7-8,21-23H,5-6,9H2. The number of phenolic OH excluding ortho intramolecular Hbond substituents is 3. The van der Waals surface area contributed by atoms with Crippen LogP contribution in [0.3, 0.4) is 0 Å². The number of benzene rings is 2. The van der Waals surface area contributed by atoms with E-state index in [-0.39, 0.29) is 28.2 Å². The summed E-state index contributed by atoms with van der Waals surface area (Å²) in [4.78, 5) is 17.5. The van der Waals surface area contributed by atoms with Crippen molar-refractivity contribution in [3.63, 3.8) is 0 Å². The molecule has 1 aliphatic rings. The van der Waals surface area contributed by atoms with E-state index in [0.29, 0.717) is 22.6 Å². The molecule has 2 aromatic carbocycles. The molecule has 0 radical (unpaired) electrons. The van der Waals surface area contributed by atoms with Gasteiger partial charge in [-0.15, -0.1) is 0 Å². The summed E-state index contributed by atoms with van der Waals surface area (Å²) in [6.07, 6.45) is 0. The molecule has 27 heavy (non-hydrogen) atoms. The third-order valence-electron chi connectivity index (χ3n) is 4.07. The van der Waals surface area contributed by atoms with Crippen LogP contribution in [0.4, 0.5) is 0 Å². The normalized spacial score (nSPS) is 13.9. The zero-order valence-corrected chi connectivity index (χ0v) is 15.6. The molecule has 0 unspecified atom stereocenters. The summed E-state index contributed by atoms with van der Waals surface area (Å²) >= 11 is 3.14. The second-order valence-electron chi connectivity index (χ2n) is 5.90. The van der Waals surface area contributed by atoms with E-state index in [0.717, 1.165) is 22.7 Å². The molecule has 3 aromatic rings. The van der Waals surface area contributed by atoms with E-state index in [1.54, 1.807) is 23.9 Å². The molecule has 1 aromatic heterocycles. The highest BCUT2D eigenvalue weighted by Crippen LogP contribution is 2.35. The summed E-state index contributed by atoms with van der Waals surface area (Å²) in [6, 6.07) is 8.65. The molecular weight excluding hydrogens is 386 g/mol. The molecule has 0 fully saturated rings. The minimum absolute atomic E-state index is 0.0113. The quantitative estimate of drug-likeness (QED) is 0.611. The van der Waals surface area contributed by atoms with E-state index >= 15 is 0 Å². The molecule has 0 aliphatic carbocycles. The second kappa shape index (κ2) is 7.21. The van der Waals surface area contributed by atoms with Crippen LogP contribution in [0.5, 0.6) is 17.2 Å². The van der Waals surface area contributed by atoms with Gasteiger partial charge in [-0.1, -0.05) is 35.7 Å². The predicted octanol–water partition coefficient (Wildman–Crippen LogP) is 3.91. The van der Waals surface area contributed by atoms with Crippen molar-refractivity contribution in [2.45, 2.75) is 5.75 Å². The fraction of sp³-hybridized carbons (Fsp3) is 0.158. The van der Waals surface area contributed by atoms with Crippen molar-refractivity contribution in [1.29, 1.82) is 0 Å². The van der Waals surface area contributed by atoms with Crippen LogP contribution in [0.2, 0.25) is 0 Å². The monoisotopic (exact) mass is 401 g/mol. The second-order valence-corrected chi connectivity index (χ2v) is 8.21. The fourth-order valence-electron chi connectivity index (χ4n) is 2.88. The van der Waals surface area contributed by atoms with Crippen LogP contribution in [-0.4, -0.2) is 32.0 Å². The summed E-state index contributed by atoms with van der Waals surface area (Å²) in [5.74, 6) is 1.30. The van der Waals surface area contributed by atoms with Crippen molar-refractivity contribution in [3.8, 4) is 28.4 Å². The topological polar surface area (TPSA) is 103 Å². The largest absolute Gasteiger partial charge is 0.508 e. The highest BCUT2D eigenvalue weighted by atomic mass is 32.2. The van der Waals surface area contributed by atoms with Crippen molar-refractivity contribution >= 4 is 38.9 Å². The molecule has 4 rings (SSSR count). The number of nitrogens with zero attached hydrogens (tertiary/aromatic N) is 1. The van der Waals surface area contributed by atoms with Crippen molar-refractivity contribution < 1.29 is 19.7 Å². The summed E-state index contributed by atoms with van der Waals surface area (Å²) in [5, 5.41) is 29.4. The Labute approximate surface area is 162 Å². The molecule has 2 heterocycles. The van der Waals surface area contributed by atoms with Gasteiger partial charge in [0.25, 0.3) is 0 Å². The average molecular weight is 401 g/mol. The lowest BCUT2D eigenvalue weighted by atomic mass is 10.0. The Kier molecular flexibility index (Phi) is 4.75. The Bertz CT molecular complexity index is 1110. The van der Waals surface area contributed by atoms with E-state index in [1.165, 1.54) is 30.0 Å². The summed E-state index contributed by atoms with van der Waals surface area (Å²) in [7, 11) is 0. The molecule has 8 heteroatoms. The van der Waals surface area contributed by atoms with Gasteiger partial charge in [-0.2, -0.15) is 0 Å². The maximum absolute atomic E-state index is 13.2. The van der Waals surface area contributed by atoms with Crippen LogP contribution in [0.25, 0.3) is 22.1 Å². The Morgan fingerprint density at radius 1 is 1.11 bits per heavy atom. The smallest absolute Gasteiger partial charge is 0.204 e. The van der Waals surface area contributed by atoms with Crippen molar-refractivity contribution in [2.75, 3.05) is 12.3 Å². The zero-order chi connectivity index (χ0) is 19.0. The van der Waals surface area contributed by atoms with Crippen molar-refractivity contribution in [2.24, 2.45) is 4.99 Å². The van der Waals surface area contributed by atoms with Crippen molar-refractivity contribution in [1.82, 2.24) is 0 Å². The third-order valence-corrected chi connectivity index (χ3v) is 6.33. The van der Waals surface area contributed by atoms with E-state index in [4.69, 9.17) is 4.42 Å². The Balaban J connectivity index is 1.90. The Morgan fingerprint density at radius 2 is 1.89 bits per heavy atom. The Hall–Kier alpha value is -2.58.